The summed E-state index contributed by atoms with van der Waals surface area (Å²) in [6.07, 6.45) is 0.992. The standard InChI is InChI=1S/C21H32N4O/c1-6-19-15(3)18-12-14(2)11-17(20(18)23-19)13-22-21(26)16(4)25-9-7-24(5)8-10-25/h11-12,16,23H,6-10,13H2,1-5H3,(H,22,26). The number of aromatic amines is 1. The lowest BCUT2D eigenvalue weighted by molar-refractivity contribution is -0.126. The number of H-pyrrole nitrogens is 1. The van der Waals surface area contributed by atoms with E-state index in [1.165, 1.54) is 27.8 Å². The van der Waals surface area contributed by atoms with E-state index in [0.29, 0.717) is 6.54 Å². The number of nitrogens with zero attached hydrogens (tertiary/aromatic N) is 2. The van der Waals surface area contributed by atoms with Crippen LogP contribution in [-0.2, 0) is 17.8 Å². The first-order chi connectivity index (χ1) is 12.4. The quantitative estimate of drug-likeness (QED) is 0.866. The van der Waals surface area contributed by atoms with Crippen LogP contribution in [0, 0.1) is 13.8 Å². The zero-order chi connectivity index (χ0) is 18.8. The molecule has 0 spiro atoms. The molecule has 1 unspecified atom stereocenters. The van der Waals surface area contributed by atoms with Gasteiger partial charge in [-0.15, -0.1) is 0 Å². The number of hydrogen-bond acceptors (Lipinski definition) is 3. The van der Waals surface area contributed by atoms with E-state index in [1.807, 2.05) is 6.92 Å². The van der Waals surface area contributed by atoms with E-state index in [1.54, 1.807) is 0 Å². The van der Waals surface area contributed by atoms with Gasteiger partial charge in [-0.2, -0.15) is 0 Å². The van der Waals surface area contributed by atoms with Gasteiger partial charge in [0.1, 0.15) is 0 Å². The molecule has 0 radical (unpaired) electrons. The highest BCUT2D eigenvalue weighted by Gasteiger charge is 2.24. The van der Waals surface area contributed by atoms with Crippen LogP contribution in [0.15, 0.2) is 12.1 Å². The second-order valence-electron chi connectivity index (χ2n) is 7.66. The summed E-state index contributed by atoms with van der Waals surface area (Å²) in [6, 6.07) is 4.33. The van der Waals surface area contributed by atoms with Crippen molar-refractivity contribution in [1.29, 1.82) is 0 Å². The van der Waals surface area contributed by atoms with Crippen molar-refractivity contribution in [3.8, 4) is 0 Å². The van der Waals surface area contributed by atoms with Crippen LogP contribution in [0.25, 0.3) is 10.9 Å². The number of hydrogen-bond donors (Lipinski definition) is 2. The molecule has 1 aliphatic rings. The van der Waals surface area contributed by atoms with Crippen LogP contribution in [0.5, 0.6) is 0 Å². The molecule has 26 heavy (non-hydrogen) atoms. The number of piperazine rings is 1. The van der Waals surface area contributed by atoms with Gasteiger partial charge in [0.2, 0.25) is 5.91 Å². The van der Waals surface area contributed by atoms with Crippen molar-refractivity contribution in [3.63, 3.8) is 0 Å². The summed E-state index contributed by atoms with van der Waals surface area (Å²) in [5.74, 6) is 0.114. The van der Waals surface area contributed by atoms with Crippen molar-refractivity contribution in [1.82, 2.24) is 20.1 Å². The number of fused-ring (bicyclic) bond motifs is 1. The molecule has 2 aromatic rings. The van der Waals surface area contributed by atoms with Gasteiger partial charge in [0, 0.05) is 43.8 Å². The first kappa shape index (κ1) is 18.9. The van der Waals surface area contributed by atoms with Crippen molar-refractivity contribution < 1.29 is 4.79 Å². The molecule has 3 rings (SSSR count). The number of aryl methyl sites for hydroxylation is 3. The number of carbonyl (C=O) groups excluding carboxylic acids is 1. The first-order valence-electron chi connectivity index (χ1n) is 9.71. The molecule has 1 amide bonds. The van der Waals surface area contributed by atoms with Crippen LogP contribution in [0.2, 0.25) is 0 Å². The highest BCUT2D eigenvalue weighted by Crippen LogP contribution is 2.26. The van der Waals surface area contributed by atoms with Crippen LogP contribution in [0.4, 0.5) is 0 Å². The molecule has 5 nitrogen and oxygen atoms in total. The van der Waals surface area contributed by atoms with Gasteiger partial charge in [0.15, 0.2) is 0 Å². The van der Waals surface area contributed by atoms with Gasteiger partial charge >= 0.3 is 0 Å². The third kappa shape index (κ3) is 3.79. The predicted octanol–water partition coefficient (Wildman–Crippen LogP) is 2.60. The van der Waals surface area contributed by atoms with Gasteiger partial charge in [-0.1, -0.05) is 18.6 Å². The van der Waals surface area contributed by atoms with Crippen molar-refractivity contribution in [2.45, 2.75) is 46.7 Å². The molecular weight excluding hydrogens is 324 g/mol. The molecule has 0 aliphatic carbocycles. The Labute approximate surface area is 156 Å². The predicted molar refractivity (Wildman–Crippen MR) is 108 cm³/mol. The molecule has 142 valence electrons. The van der Waals surface area contributed by atoms with Crippen LogP contribution >= 0.6 is 0 Å². The summed E-state index contributed by atoms with van der Waals surface area (Å²) in [6.45, 7) is 13.0. The Morgan fingerprint density at radius 2 is 1.92 bits per heavy atom. The average Bonchev–Trinajstić information content (AvgIpc) is 2.95. The lowest BCUT2D eigenvalue weighted by Crippen LogP contribution is -2.52. The highest BCUT2D eigenvalue weighted by atomic mass is 16.2. The molecule has 0 saturated carbocycles. The summed E-state index contributed by atoms with van der Waals surface area (Å²) in [5.41, 5.74) is 6.17. The van der Waals surface area contributed by atoms with E-state index in [2.05, 4.69) is 60.1 Å². The van der Waals surface area contributed by atoms with Crippen molar-refractivity contribution in [3.05, 3.63) is 34.5 Å². The molecule has 1 atom stereocenters. The Hall–Kier alpha value is -1.85. The number of aromatic nitrogens is 1. The monoisotopic (exact) mass is 356 g/mol. The van der Waals surface area contributed by atoms with Crippen LogP contribution in [0.1, 0.15) is 36.2 Å². The number of nitrogens with one attached hydrogen (secondary N) is 2. The van der Waals surface area contributed by atoms with E-state index in [4.69, 9.17) is 0 Å². The maximum atomic E-state index is 12.7. The van der Waals surface area contributed by atoms with E-state index in [-0.39, 0.29) is 11.9 Å². The maximum absolute atomic E-state index is 12.7. The number of amides is 1. The summed E-state index contributed by atoms with van der Waals surface area (Å²) in [5, 5.41) is 4.44. The first-order valence-corrected chi connectivity index (χ1v) is 9.71. The Bertz CT molecular complexity index is 787. The molecule has 0 bridgehead atoms. The minimum Gasteiger partial charge on any atom is -0.358 e. The number of rotatable bonds is 5. The Balaban J connectivity index is 1.72. The molecule has 5 heteroatoms. The molecule has 1 aromatic heterocycles. The topological polar surface area (TPSA) is 51.4 Å². The summed E-state index contributed by atoms with van der Waals surface area (Å²) < 4.78 is 0. The summed E-state index contributed by atoms with van der Waals surface area (Å²) in [7, 11) is 2.13. The van der Waals surface area contributed by atoms with Crippen LogP contribution in [-0.4, -0.2) is 60.0 Å². The fraction of sp³-hybridized carbons (Fsp3) is 0.571. The molecule has 1 fully saturated rings. The van der Waals surface area contributed by atoms with Gasteiger partial charge < -0.3 is 15.2 Å². The van der Waals surface area contributed by atoms with Gasteiger partial charge in [-0.05, 0) is 51.4 Å². The van der Waals surface area contributed by atoms with E-state index < -0.39 is 0 Å². The Morgan fingerprint density at radius 1 is 1.23 bits per heavy atom. The Morgan fingerprint density at radius 3 is 2.58 bits per heavy atom. The number of benzene rings is 1. The third-order valence-corrected chi connectivity index (χ3v) is 5.77. The molecule has 2 heterocycles. The largest absolute Gasteiger partial charge is 0.358 e. The molecule has 1 aromatic carbocycles. The van der Waals surface area contributed by atoms with E-state index in [9.17, 15) is 4.79 Å². The fourth-order valence-corrected chi connectivity index (χ4v) is 3.91. The average molecular weight is 357 g/mol. The van der Waals surface area contributed by atoms with Gasteiger partial charge in [0.25, 0.3) is 0 Å². The lowest BCUT2D eigenvalue weighted by Gasteiger charge is -2.35. The highest BCUT2D eigenvalue weighted by molar-refractivity contribution is 5.88. The molecule has 1 saturated heterocycles. The van der Waals surface area contributed by atoms with Gasteiger partial charge in [0.05, 0.1) is 11.6 Å². The van der Waals surface area contributed by atoms with E-state index in [0.717, 1.165) is 38.1 Å². The molecular formula is C21H32N4O. The third-order valence-electron chi connectivity index (χ3n) is 5.77. The van der Waals surface area contributed by atoms with E-state index >= 15 is 0 Å². The van der Waals surface area contributed by atoms with Crippen LogP contribution < -0.4 is 5.32 Å². The summed E-state index contributed by atoms with van der Waals surface area (Å²) >= 11 is 0. The smallest absolute Gasteiger partial charge is 0.237 e. The van der Waals surface area contributed by atoms with Gasteiger partial charge in [-0.3, -0.25) is 9.69 Å². The normalized spacial score (nSPS) is 17.6. The fourth-order valence-electron chi connectivity index (χ4n) is 3.91. The summed E-state index contributed by atoms with van der Waals surface area (Å²) in [4.78, 5) is 20.8. The molecule has 1 aliphatic heterocycles. The van der Waals surface area contributed by atoms with Crippen molar-refractivity contribution in [2.75, 3.05) is 33.2 Å². The zero-order valence-corrected chi connectivity index (χ0v) is 16.8. The number of likely N-dealkylation sites (N-methyl/N-ethyl adjacent to an activating group) is 1. The second kappa shape index (κ2) is 7.80. The Kier molecular flexibility index (Phi) is 5.68. The lowest BCUT2D eigenvalue weighted by atomic mass is 10.0. The molecule has 2 N–H and O–H groups in total. The van der Waals surface area contributed by atoms with Crippen molar-refractivity contribution in [2.24, 2.45) is 0 Å². The second-order valence-corrected chi connectivity index (χ2v) is 7.66. The maximum Gasteiger partial charge on any atom is 0.237 e. The van der Waals surface area contributed by atoms with Crippen LogP contribution in [0.3, 0.4) is 0 Å². The minimum absolute atomic E-state index is 0.0828. The zero-order valence-electron chi connectivity index (χ0n) is 16.8. The minimum atomic E-state index is -0.0828. The van der Waals surface area contributed by atoms with Crippen molar-refractivity contribution >= 4 is 16.8 Å². The number of carbonyl (C=O) groups is 1. The SMILES string of the molecule is CCc1[nH]c2c(CNC(=O)C(C)N3CCN(C)CC3)cc(C)cc2c1C. The van der Waals surface area contributed by atoms with Gasteiger partial charge in [-0.25, -0.2) is 0 Å².